The molecule has 0 amide bonds. The maximum absolute atomic E-state index is 11.0. The van der Waals surface area contributed by atoms with Crippen molar-refractivity contribution in [3.05, 3.63) is 28.8 Å². The Hall–Kier alpha value is -0.480. The first kappa shape index (κ1) is 24.5. The molecule has 25 heavy (non-hydrogen) atoms. The monoisotopic (exact) mass is 390 g/mol. The first-order valence-electron chi connectivity index (χ1n) is 8.84. The van der Waals surface area contributed by atoms with Crippen LogP contribution >= 0.6 is 24.8 Å². The number of hydrogen-bond acceptors (Lipinski definition) is 3. The number of piperazine rings is 1. The van der Waals surface area contributed by atoms with Crippen molar-refractivity contribution < 1.29 is 5.11 Å². The number of halogens is 2. The van der Waals surface area contributed by atoms with Crippen LogP contribution in [0.3, 0.4) is 0 Å². The molecular weight excluding hydrogens is 355 g/mol. The normalized spacial score (nSPS) is 17.4. The standard InChI is InChI=1S/C20H34N2O.2ClH/c1-14(22-10-8-21-9-11-22)16-12-15(19(2,3)4)13-17(18(16)23)20(5,6)7;;/h12-14,21,23H,8-11H2,1-7H3;2*1H/t14-;;/m0../s1. The van der Waals surface area contributed by atoms with E-state index < -0.39 is 0 Å². The van der Waals surface area contributed by atoms with Gasteiger partial charge in [-0.1, -0.05) is 47.6 Å². The fourth-order valence-corrected chi connectivity index (χ4v) is 3.25. The Morgan fingerprint density at radius 1 is 0.960 bits per heavy atom. The van der Waals surface area contributed by atoms with Gasteiger partial charge in [0.15, 0.2) is 0 Å². The van der Waals surface area contributed by atoms with Gasteiger partial charge in [-0.3, -0.25) is 4.90 Å². The van der Waals surface area contributed by atoms with Gasteiger partial charge in [0, 0.05) is 37.8 Å². The fraction of sp³-hybridized carbons (Fsp3) is 0.700. The highest BCUT2D eigenvalue weighted by Gasteiger charge is 2.28. The van der Waals surface area contributed by atoms with E-state index in [9.17, 15) is 5.11 Å². The number of phenols is 1. The highest BCUT2D eigenvalue weighted by Crippen LogP contribution is 2.41. The van der Waals surface area contributed by atoms with Gasteiger partial charge in [0.05, 0.1) is 0 Å². The average molecular weight is 391 g/mol. The molecule has 3 nitrogen and oxygen atoms in total. The van der Waals surface area contributed by atoms with Crippen molar-refractivity contribution in [1.29, 1.82) is 0 Å². The molecular formula is C20H36Cl2N2O. The number of phenolic OH excluding ortho intramolecular Hbond substituents is 1. The van der Waals surface area contributed by atoms with Crippen LogP contribution in [0.2, 0.25) is 0 Å². The summed E-state index contributed by atoms with van der Waals surface area (Å²) in [5.74, 6) is 0.483. The van der Waals surface area contributed by atoms with Gasteiger partial charge in [0.1, 0.15) is 5.75 Å². The lowest BCUT2D eigenvalue weighted by atomic mass is 9.78. The Morgan fingerprint density at radius 2 is 1.48 bits per heavy atom. The Bertz CT molecular complexity index is 556. The molecule has 1 aliphatic rings. The molecule has 0 unspecified atom stereocenters. The summed E-state index contributed by atoms with van der Waals surface area (Å²) in [5.41, 5.74) is 3.44. The van der Waals surface area contributed by atoms with E-state index in [4.69, 9.17) is 0 Å². The van der Waals surface area contributed by atoms with Gasteiger partial charge >= 0.3 is 0 Å². The summed E-state index contributed by atoms with van der Waals surface area (Å²) in [4.78, 5) is 2.46. The summed E-state index contributed by atoms with van der Waals surface area (Å²) in [6, 6.07) is 4.65. The van der Waals surface area contributed by atoms with Gasteiger partial charge in [-0.2, -0.15) is 0 Å². The molecule has 1 aromatic rings. The lowest BCUT2D eigenvalue weighted by molar-refractivity contribution is 0.182. The zero-order valence-electron chi connectivity index (χ0n) is 16.8. The van der Waals surface area contributed by atoms with Gasteiger partial charge in [0.2, 0.25) is 0 Å². The number of nitrogens with zero attached hydrogens (tertiary/aromatic N) is 1. The summed E-state index contributed by atoms with van der Waals surface area (Å²) < 4.78 is 0. The zero-order valence-corrected chi connectivity index (χ0v) is 18.4. The molecule has 0 aromatic heterocycles. The molecule has 1 aliphatic heterocycles. The third-order valence-corrected chi connectivity index (χ3v) is 4.96. The second-order valence-electron chi connectivity index (χ2n) is 8.92. The fourth-order valence-electron chi connectivity index (χ4n) is 3.25. The maximum atomic E-state index is 11.0. The second-order valence-corrected chi connectivity index (χ2v) is 8.92. The van der Waals surface area contributed by atoms with Crippen LogP contribution in [0.5, 0.6) is 5.75 Å². The van der Waals surface area contributed by atoms with Crippen LogP contribution in [0, 0.1) is 0 Å². The molecule has 146 valence electrons. The minimum absolute atomic E-state index is 0. The third kappa shape index (κ3) is 5.75. The molecule has 1 atom stereocenters. The van der Waals surface area contributed by atoms with E-state index in [0.29, 0.717) is 5.75 Å². The summed E-state index contributed by atoms with van der Waals surface area (Å²) in [6.07, 6.45) is 0. The van der Waals surface area contributed by atoms with E-state index in [-0.39, 0.29) is 41.7 Å². The van der Waals surface area contributed by atoms with Gasteiger partial charge in [0.25, 0.3) is 0 Å². The quantitative estimate of drug-likeness (QED) is 0.760. The number of rotatable bonds is 2. The van der Waals surface area contributed by atoms with Crippen molar-refractivity contribution in [3.63, 3.8) is 0 Å². The van der Waals surface area contributed by atoms with Gasteiger partial charge in [-0.25, -0.2) is 0 Å². The molecule has 0 bridgehead atoms. The minimum atomic E-state index is -0.0662. The van der Waals surface area contributed by atoms with Crippen LogP contribution in [0.25, 0.3) is 0 Å². The van der Waals surface area contributed by atoms with Gasteiger partial charge < -0.3 is 10.4 Å². The second kappa shape index (κ2) is 8.94. The van der Waals surface area contributed by atoms with E-state index >= 15 is 0 Å². The highest BCUT2D eigenvalue weighted by atomic mass is 35.5. The van der Waals surface area contributed by atoms with Crippen LogP contribution < -0.4 is 5.32 Å². The van der Waals surface area contributed by atoms with Crippen molar-refractivity contribution in [3.8, 4) is 5.75 Å². The van der Waals surface area contributed by atoms with Crippen LogP contribution in [0.1, 0.15) is 71.2 Å². The van der Waals surface area contributed by atoms with Crippen molar-refractivity contribution in [2.24, 2.45) is 0 Å². The number of benzene rings is 1. The lowest BCUT2D eigenvalue weighted by Gasteiger charge is -2.35. The molecule has 5 heteroatoms. The average Bonchev–Trinajstić information content (AvgIpc) is 2.45. The van der Waals surface area contributed by atoms with Crippen molar-refractivity contribution in [2.45, 2.75) is 65.3 Å². The van der Waals surface area contributed by atoms with Crippen molar-refractivity contribution >= 4 is 24.8 Å². The van der Waals surface area contributed by atoms with E-state index in [0.717, 1.165) is 37.3 Å². The minimum Gasteiger partial charge on any atom is -0.507 e. The Labute approximate surface area is 166 Å². The van der Waals surface area contributed by atoms with Crippen molar-refractivity contribution in [2.75, 3.05) is 26.2 Å². The summed E-state index contributed by atoms with van der Waals surface area (Å²) in [7, 11) is 0. The van der Waals surface area contributed by atoms with E-state index in [1.807, 2.05) is 0 Å². The molecule has 1 fully saturated rings. The van der Waals surface area contributed by atoms with Crippen molar-refractivity contribution in [1.82, 2.24) is 10.2 Å². The van der Waals surface area contributed by atoms with Crippen LogP contribution in [-0.4, -0.2) is 36.2 Å². The predicted octanol–water partition coefficient (Wildman–Crippen LogP) is 4.80. The van der Waals surface area contributed by atoms with Gasteiger partial charge in [-0.15, -0.1) is 24.8 Å². The van der Waals surface area contributed by atoms with Crippen LogP contribution in [0.15, 0.2) is 12.1 Å². The van der Waals surface area contributed by atoms with E-state index in [2.05, 4.69) is 70.8 Å². The SMILES string of the molecule is C[C@@H](c1cc(C(C)(C)C)cc(C(C)(C)C)c1O)N1CCNCC1.Cl.Cl. The Morgan fingerprint density at radius 3 is 1.92 bits per heavy atom. The highest BCUT2D eigenvalue weighted by molar-refractivity contribution is 5.85. The molecule has 0 aliphatic carbocycles. The molecule has 1 aromatic carbocycles. The summed E-state index contributed by atoms with van der Waals surface area (Å²) in [5, 5.41) is 14.4. The summed E-state index contributed by atoms with van der Waals surface area (Å²) >= 11 is 0. The van der Waals surface area contributed by atoms with Gasteiger partial charge in [-0.05, 0) is 34.9 Å². The van der Waals surface area contributed by atoms with E-state index in [1.165, 1.54) is 5.56 Å². The largest absolute Gasteiger partial charge is 0.507 e. The zero-order chi connectivity index (χ0) is 17.4. The maximum Gasteiger partial charge on any atom is 0.124 e. The predicted molar refractivity (Wildman–Crippen MR) is 113 cm³/mol. The van der Waals surface area contributed by atoms with Crippen LogP contribution in [0.4, 0.5) is 0 Å². The summed E-state index contributed by atoms with van der Waals surface area (Å²) in [6.45, 7) is 19.6. The molecule has 0 saturated carbocycles. The molecule has 1 heterocycles. The topological polar surface area (TPSA) is 35.5 Å². The number of nitrogens with one attached hydrogen (secondary N) is 1. The Kier molecular flexibility index (Phi) is 8.77. The molecule has 2 rings (SSSR count). The molecule has 0 radical (unpaired) electrons. The first-order chi connectivity index (χ1) is 10.5. The smallest absolute Gasteiger partial charge is 0.124 e. The molecule has 0 spiro atoms. The molecule has 2 N–H and O–H groups in total. The number of hydrogen-bond donors (Lipinski definition) is 2. The lowest BCUT2D eigenvalue weighted by Crippen LogP contribution is -2.44. The molecule has 1 saturated heterocycles. The first-order valence-corrected chi connectivity index (χ1v) is 8.84. The Balaban J connectivity index is 0.00000288. The third-order valence-electron chi connectivity index (χ3n) is 4.96. The van der Waals surface area contributed by atoms with E-state index in [1.54, 1.807) is 0 Å². The van der Waals surface area contributed by atoms with Crippen LogP contribution in [-0.2, 0) is 10.8 Å². The number of aromatic hydroxyl groups is 1.